The fourth-order valence-corrected chi connectivity index (χ4v) is 12.5. The van der Waals surface area contributed by atoms with Gasteiger partial charge in [0.2, 0.25) is 0 Å². The van der Waals surface area contributed by atoms with Crippen LogP contribution in [0.5, 0.6) is 0 Å². The molecule has 0 bridgehead atoms. The molecule has 0 amide bonds. The summed E-state index contributed by atoms with van der Waals surface area (Å²) < 4.78 is 0. The molecule has 1 atom stereocenters. The molecule has 1 unspecified atom stereocenters. The number of fused-ring (bicyclic) bond motifs is 13. The Balaban J connectivity index is 1.17. The van der Waals surface area contributed by atoms with Crippen molar-refractivity contribution < 1.29 is 0 Å². The Kier molecular flexibility index (Phi) is 9.45. The summed E-state index contributed by atoms with van der Waals surface area (Å²) in [6.07, 6.45) is 0. The van der Waals surface area contributed by atoms with Crippen molar-refractivity contribution in [1.82, 2.24) is 0 Å². The molecule has 9 aromatic rings. The number of para-hydroxylation sites is 1. The van der Waals surface area contributed by atoms with E-state index in [0.717, 1.165) is 11.4 Å². The van der Waals surface area contributed by atoms with Gasteiger partial charge in [-0.3, -0.25) is 0 Å². The van der Waals surface area contributed by atoms with Crippen LogP contribution in [0.2, 0.25) is 0 Å². The highest BCUT2D eigenvalue weighted by molar-refractivity contribution is 6.00. The molecule has 9 aromatic carbocycles. The Labute approximate surface area is 410 Å². The number of hydrogen-bond acceptors (Lipinski definition) is 1. The summed E-state index contributed by atoms with van der Waals surface area (Å²) in [5, 5.41) is 0. The van der Waals surface area contributed by atoms with Crippen LogP contribution in [0.15, 0.2) is 206 Å². The van der Waals surface area contributed by atoms with Crippen molar-refractivity contribution in [3.8, 4) is 33.4 Å². The fraction of sp³-hybridized carbons (Fsp3) is 0.206. The topological polar surface area (TPSA) is 3.24 Å². The summed E-state index contributed by atoms with van der Waals surface area (Å²) in [6.45, 7) is 20.9. The van der Waals surface area contributed by atoms with Crippen LogP contribution < -0.4 is 4.90 Å². The third-order valence-corrected chi connectivity index (χ3v) is 15.9. The highest BCUT2D eigenvalue weighted by Crippen LogP contribution is 2.66. The first-order valence-electron chi connectivity index (χ1n) is 24.9. The van der Waals surface area contributed by atoms with Gasteiger partial charge in [0.15, 0.2) is 0 Å². The van der Waals surface area contributed by atoms with E-state index in [1.807, 2.05) is 0 Å². The van der Waals surface area contributed by atoms with Crippen molar-refractivity contribution in [1.29, 1.82) is 0 Å². The molecule has 1 heteroatoms. The first-order valence-corrected chi connectivity index (χ1v) is 24.9. The third-order valence-electron chi connectivity index (χ3n) is 15.9. The summed E-state index contributed by atoms with van der Waals surface area (Å²) in [4.78, 5) is 2.57. The highest BCUT2D eigenvalue weighted by Gasteiger charge is 2.54. The van der Waals surface area contributed by atoms with Gasteiger partial charge in [-0.2, -0.15) is 0 Å². The van der Waals surface area contributed by atoms with Crippen LogP contribution in [-0.2, 0) is 27.1 Å². The van der Waals surface area contributed by atoms with Crippen molar-refractivity contribution in [3.63, 3.8) is 0 Å². The van der Waals surface area contributed by atoms with Crippen LogP contribution >= 0.6 is 0 Å². The van der Waals surface area contributed by atoms with Gasteiger partial charge in [0.25, 0.3) is 0 Å². The predicted octanol–water partition coefficient (Wildman–Crippen LogP) is 17.8. The van der Waals surface area contributed by atoms with Gasteiger partial charge >= 0.3 is 0 Å². The monoisotopic (exact) mass is 891 g/mol. The molecule has 0 saturated carbocycles. The summed E-state index contributed by atoms with van der Waals surface area (Å²) in [7, 11) is 0. The molecule has 0 radical (unpaired) electrons. The molecule has 0 fully saturated rings. The maximum Gasteiger partial charge on any atom is 0.0746 e. The van der Waals surface area contributed by atoms with Crippen molar-refractivity contribution in [2.24, 2.45) is 0 Å². The summed E-state index contributed by atoms with van der Waals surface area (Å²) in [6, 6.07) is 79.5. The summed E-state index contributed by atoms with van der Waals surface area (Å²) in [5.41, 5.74) is 24.7. The van der Waals surface area contributed by atoms with Gasteiger partial charge in [0, 0.05) is 16.9 Å². The first kappa shape index (κ1) is 43.1. The fourth-order valence-electron chi connectivity index (χ4n) is 12.5. The first-order chi connectivity index (χ1) is 33.1. The number of nitrogens with zero attached hydrogens (tertiary/aromatic N) is 1. The van der Waals surface area contributed by atoms with Crippen LogP contribution in [0.1, 0.15) is 124 Å². The molecule has 69 heavy (non-hydrogen) atoms. The Morgan fingerprint density at radius 1 is 0.290 bits per heavy atom. The maximum absolute atomic E-state index is 2.57. The minimum absolute atomic E-state index is 0.0243. The SMILES string of the molecule is CC(C)(C)c1ccc(C2(c3ccc(C(C)(C)C)cc3)c3ccccc3-c3ccc(N(c4ccccc4)c4cccc5c4C4(c6ccccc6-c6ccc(C(C)(C)C)cc64)c4ccccc4-5)cc32)cc1. The van der Waals surface area contributed by atoms with E-state index >= 15 is 0 Å². The minimum atomic E-state index is -0.583. The van der Waals surface area contributed by atoms with Crippen molar-refractivity contribution >= 4 is 17.1 Å². The Bertz CT molecular complexity index is 3410. The highest BCUT2D eigenvalue weighted by atomic mass is 15.1. The van der Waals surface area contributed by atoms with E-state index in [1.165, 1.54) is 100 Å². The average Bonchev–Trinajstić information content (AvgIpc) is 3.94. The largest absolute Gasteiger partial charge is 0.310 e. The molecule has 0 aromatic heterocycles. The van der Waals surface area contributed by atoms with Crippen LogP contribution in [0.3, 0.4) is 0 Å². The molecule has 3 aliphatic carbocycles. The van der Waals surface area contributed by atoms with Gasteiger partial charge in [-0.25, -0.2) is 0 Å². The molecule has 0 N–H and O–H groups in total. The minimum Gasteiger partial charge on any atom is -0.310 e. The van der Waals surface area contributed by atoms with Crippen LogP contribution in [0.4, 0.5) is 17.1 Å². The van der Waals surface area contributed by atoms with E-state index in [9.17, 15) is 0 Å². The van der Waals surface area contributed by atoms with Crippen molar-refractivity contribution in [3.05, 3.63) is 267 Å². The zero-order chi connectivity index (χ0) is 47.7. The second-order valence-corrected chi connectivity index (χ2v) is 22.9. The summed E-state index contributed by atoms with van der Waals surface area (Å²) >= 11 is 0. The van der Waals surface area contributed by atoms with Gasteiger partial charge in [-0.15, -0.1) is 0 Å². The number of rotatable bonds is 5. The lowest BCUT2D eigenvalue weighted by atomic mass is 9.66. The van der Waals surface area contributed by atoms with Crippen molar-refractivity contribution in [2.45, 2.75) is 89.4 Å². The second-order valence-electron chi connectivity index (χ2n) is 22.9. The van der Waals surface area contributed by atoms with Gasteiger partial charge in [0.1, 0.15) is 0 Å². The standard InChI is InChI=1S/C68H61N/c1-64(2,3)44-30-34-46(35-31-44)67(47-36-32-45(33-37-47)65(4,5)6)57-26-16-13-22-51(57)55-41-39-50(43-61(55)67)69(49-20-11-10-12-21-49)62-29-19-25-56-53-24-15-18-28-59(53)68(63(56)62)58-27-17-14-23-52(58)54-40-38-48(42-60(54)68)66(7,8)9/h10-43H,1-9H3. The van der Waals surface area contributed by atoms with Crippen LogP contribution in [-0.4, -0.2) is 0 Å². The van der Waals surface area contributed by atoms with Gasteiger partial charge in [-0.05, 0) is 136 Å². The summed E-state index contributed by atoms with van der Waals surface area (Å²) in [5.74, 6) is 0. The van der Waals surface area contributed by atoms with Crippen LogP contribution in [0, 0.1) is 0 Å². The van der Waals surface area contributed by atoms with E-state index in [-0.39, 0.29) is 16.2 Å². The predicted molar refractivity (Wildman–Crippen MR) is 291 cm³/mol. The van der Waals surface area contributed by atoms with Gasteiger partial charge in [0.05, 0.1) is 16.5 Å². The van der Waals surface area contributed by atoms with E-state index in [2.05, 4.69) is 273 Å². The molecule has 0 saturated heterocycles. The smallest absolute Gasteiger partial charge is 0.0746 e. The lowest BCUT2D eigenvalue weighted by molar-refractivity contribution is 0.588. The van der Waals surface area contributed by atoms with E-state index in [1.54, 1.807) is 0 Å². The quantitative estimate of drug-likeness (QED) is 0.166. The third kappa shape index (κ3) is 6.22. The lowest BCUT2D eigenvalue weighted by Crippen LogP contribution is -2.30. The molecular weight excluding hydrogens is 831 g/mol. The molecule has 1 spiro atoms. The van der Waals surface area contributed by atoms with E-state index in [0.29, 0.717) is 0 Å². The molecule has 0 heterocycles. The Morgan fingerprint density at radius 3 is 1.22 bits per heavy atom. The molecular formula is C68H61N. The average molecular weight is 892 g/mol. The molecule has 1 nitrogen and oxygen atoms in total. The maximum atomic E-state index is 2.57. The Hall–Kier alpha value is -7.22. The van der Waals surface area contributed by atoms with E-state index in [4.69, 9.17) is 0 Å². The molecule has 0 aliphatic heterocycles. The number of hydrogen-bond donors (Lipinski definition) is 0. The van der Waals surface area contributed by atoms with Crippen molar-refractivity contribution in [2.75, 3.05) is 4.90 Å². The lowest BCUT2D eigenvalue weighted by Gasteiger charge is -2.37. The number of anilines is 3. The zero-order valence-corrected chi connectivity index (χ0v) is 41.6. The van der Waals surface area contributed by atoms with Crippen LogP contribution in [0.25, 0.3) is 33.4 Å². The molecule has 338 valence electrons. The number of benzene rings is 9. The zero-order valence-electron chi connectivity index (χ0n) is 41.6. The Morgan fingerprint density at radius 2 is 0.696 bits per heavy atom. The van der Waals surface area contributed by atoms with Gasteiger partial charge in [-0.1, -0.05) is 238 Å². The normalized spacial score (nSPS) is 16.1. The molecule has 3 aliphatic rings. The molecule has 12 rings (SSSR count). The second kappa shape index (κ2) is 15.1. The van der Waals surface area contributed by atoms with E-state index < -0.39 is 10.8 Å². The van der Waals surface area contributed by atoms with Gasteiger partial charge < -0.3 is 4.90 Å².